The Morgan fingerprint density at radius 2 is 2.00 bits per heavy atom. The molecule has 0 aliphatic rings. The molecule has 0 amide bonds. The van der Waals surface area contributed by atoms with Crippen LogP contribution in [0.2, 0.25) is 0 Å². The maximum absolute atomic E-state index is 5.78. The zero-order valence-electron chi connectivity index (χ0n) is 7.55. The second kappa shape index (κ2) is 4.02. The average molecular weight is 174 g/mol. The number of rotatable bonds is 4. The molecule has 1 unspecified atom stereocenters. The number of nitrogens with two attached hydrogens (primary N) is 2. The van der Waals surface area contributed by atoms with E-state index in [0.29, 0.717) is 4.99 Å². The molecule has 3 heteroatoms. The summed E-state index contributed by atoms with van der Waals surface area (Å²) in [6.07, 6.45) is 1.85. The maximum Gasteiger partial charge on any atom is 0.0785 e. The lowest BCUT2D eigenvalue weighted by Crippen LogP contribution is -2.36. The minimum absolute atomic E-state index is 0.0925. The number of hydrogen-bond donors (Lipinski definition) is 2. The first-order valence-electron chi connectivity index (χ1n) is 3.95. The minimum Gasteiger partial charge on any atom is -0.393 e. The Kier molecular flexibility index (Phi) is 3.97. The minimum atomic E-state index is -0.0925. The van der Waals surface area contributed by atoms with Crippen molar-refractivity contribution < 1.29 is 0 Å². The van der Waals surface area contributed by atoms with E-state index in [0.717, 1.165) is 12.8 Å². The molecule has 66 valence electrons. The third kappa shape index (κ3) is 3.68. The summed E-state index contributed by atoms with van der Waals surface area (Å²) in [5, 5.41) is 0. The second-order valence-corrected chi connectivity index (χ2v) is 4.06. The average Bonchev–Trinajstić information content (AvgIpc) is 1.86. The molecule has 0 aromatic carbocycles. The molecule has 0 fully saturated rings. The van der Waals surface area contributed by atoms with E-state index in [-0.39, 0.29) is 11.5 Å². The summed E-state index contributed by atoms with van der Waals surface area (Å²) in [6.45, 7) is 6.13. The Balaban J connectivity index is 4.01. The molecule has 1 atom stereocenters. The summed E-state index contributed by atoms with van der Waals surface area (Å²) in [5.41, 5.74) is 11.2. The van der Waals surface area contributed by atoms with Gasteiger partial charge in [-0.15, -0.1) is 0 Å². The standard InChI is InChI=1S/C8H18N2S/c1-4-6(9)5-8(2,3)7(10)11/h6H,4-5,9H2,1-3H3,(H2,10,11). The number of thiocarbonyl (C=S) groups is 1. The molecule has 0 saturated heterocycles. The topological polar surface area (TPSA) is 52.0 Å². The van der Waals surface area contributed by atoms with Crippen molar-refractivity contribution in [2.24, 2.45) is 16.9 Å². The number of hydrogen-bond acceptors (Lipinski definition) is 2. The molecule has 4 N–H and O–H groups in total. The SMILES string of the molecule is CCC(N)CC(C)(C)C(N)=S. The second-order valence-electron chi connectivity index (χ2n) is 3.62. The van der Waals surface area contributed by atoms with Gasteiger partial charge in [-0.2, -0.15) is 0 Å². The van der Waals surface area contributed by atoms with Crippen LogP contribution in [0, 0.1) is 5.41 Å². The highest BCUT2D eigenvalue weighted by atomic mass is 32.1. The van der Waals surface area contributed by atoms with E-state index in [2.05, 4.69) is 6.92 Å². The fourth-order valence-electron chi connectivity index (χ4n) is 0.900. The van der Waals surface area contributed by atoms with Crippen LogP contribution in [0.5, 0.6) is 0 Å². The van der Waals surface area contributed by atoms with Gasteiger partial charge in [-0.3, -0.25) is 0 Å². The molecule has 0 aromatic heterocycles. The van der Waals surface area contributed by atoms with E-state index in [1.54, 1.807) is 0 Å². The van der Waals surface area contributed by atoms with Crippen LogP contribution in [-0.4, -0.2) is 11.0 Å². The van der Waals surface area contributed by atoms with Crippen molar-refractivity contribution >= 4 is 17.2 Å². The van der Waals surface area contributed by atoms with Gasteiger partial charge in [-0.25, -0.2) is 0 Å². The molecule has 0 aliphatic carbocycles. The van der Waals surface area contributed by atoms with Crippen molar-refractivity contribution in [3.63, 3.8) is 0 Å². The van der Waals surface area contributed by atoms with Crippen LogP contribution in [-0.2, 0) is 0 Å². The Hall–Kier alpha value is -0.150. The Labute approximate surface area is 74.3 Å². The van der Waals surface area contributed by atoms with Crippen molar-refractivity contribution in [1.82, 2.24) is 0 Å². The van der Waals surface area contributed by atoms with Gasteiger partial charge in [0.15, 0.2) is 0 Å². The van der Waals surface area contributed by atoms with Crippen LogP contribution in [0.25, 0.3) is 0 Å². The predicted molar refractivity (Wildman–Crippen MR) is 53.4 cm³/mol. The first kappa shape index (κ1) is 10.8. The molecular weight excluding hydrogens is 156 g/mol. The molecule has 0 heterocycles. The summed E-state index contributed by atoms with van der Waals surface area (Å²) in [7, 11) is 0. The van der Waals surface area contributed by atoms with Gasteiger partial charge in [-0.1, -0.05) is 33.0 Å². The van der Waals surface area contributed by atoms with Gasteiger partial charge in [0.25, 0.3) is 0 Å². The molecule has 0 aromatic rings. The summed E-state index contributed by atoms with van der Waals surface area (Å²) in [6, 6.07) is 0.214. The van der Waals surface area contributed by atoms with Gasteiger partial charge in [0.05, 0.1) is 4.99 Å². The van der Waals surface area contributed by atoms with Crippen molar-refractivity contribution in [3.05, 3.63) is 0 Å². The quantitative estimate of drug-likeness (QED) is 0.634. The van der Waals surface area contributed by atoms with E-state index >= 15 is 0 Å². The molecule has 11 heavy (non-hydrogen) atoms. The van der Waals surface area contributed by atoms with Gasteiger partial charge >= 0.3 is 0 Å². The molecular formula is C8H18N2S. The van der Waals surface area contributed by atoms with Crippen molar-refractivity contribution in [2.45, 2.75) is 39.7 Å². The molecule has 0 bridgehead atoms. The summed E-state index contributed by atoms with van der Waals surface area (Å²) < 4.78 is 0. The third-order valence-electron chi connectivity index (χ3n) is 1.96. The normalized spacial score (nSPS) is 14.5. The molecule has 0 rings (SSSR count). The Morgan fingerprint density at radius 1 is 1.55 bits per heavy atom. The molecule has 0 saturated carbocycles. The van der Waals surface area contributed by atoms with Crippen molar-refractivity contribution in [3.8, 4) is 0 Å². The summed E-state index contributed by atoms with van der Waals surface area (Å²) >= 11 is 4.92. The summed E-state index contributed by atoms with van der Waals surface area (Å²) in [4.78, 5) is 0.557. The Morgan fingerprint density at radius 3 is 2.27 bits per heavy atom. The van der Waals surface area contributed by atoms with Crippen molar-refractivity contribution in [2.75, 3.05) is 0 Å². The zero-order valence-corrected chi connectivity index (χ0v) is 8.37. The van der Waals surface area contributed by atoms with E-state index in [1.807, 2.05) is 13.8 Å². The van der Waals surface area contributed by atoms with Gasteiger partial charge in [0, 0.05) is 11.5 Å². The fraction of sp³-hybridized carbons (Fsp3) is 0.875. The highest BCUT2D eigenvalue weighted by Crippen LogP contribution is 2.22. The lowest BCUT2D eigenvalue weighted by molar-refractivity contribution is 0.413. The van der Waals surface area contributed by atoms with Crippen LogP contribution in [0.4, 0.5) is 0 Å². The highest BCUT2D eigenvalue weighted by molar-refractivity contribution is 7.80. The molecule has 0 radical (unpaired) electrons. The van der Waals surface area contributed by atoms with Gasteiger partial charge in [0.1, 0.15) is 0 Å². The van der Waals surface area contributed by atoms with Crippen LogP contribution < -0.4 is 11.5 Å². The molecule has 0 aliphatic heterocycles. The first-order chi connectivity index (χ1) is 4.90. The van der Waals surface area contributed by atoms with Crippen LogP contribution in [0.1, 0.15) is 33.6 Å². The van der Waals surface area contributed by atoms with Crippen LogP contribution in [0.3, 0.4) is 0 Å². The van der Waals surface area contributed by atoms with Gasteiger partial charge in [0.2, 0.25) is 0 Å². The highest BCUT2D eigenvalue weighted by Gasteiger charge is 2.23. The largest absolute Gasteiger partial charge is 0.393 e. The fourth-order valence-corrected chi connectivity index (χ4v) is 0.984. The smallest absolute Gasteiger partial charge is 0.0785 e. The van der Waals surface area contributed by atoms with Gasteiger partial charge in [-0.05, 0) is 12.8 Å². The summed E-state index contributed by atoms with van der Waals surface area (Å²) in [5.74, 6) is 0. The van der Waals surface area contributed by atoms with E-state index in [9.17, 15) is 0 Å². The van der Waals surface area contributed by atoms with Crippen molar-refractivity contribution in [1.29, 1.82) is 0 Å². The van der Waals surface area contributed by atoms with Crippen LogP contribution in [0.15, 0.2) is 0 Å². The Bertz CT molecular complexity index is 143. The zero-order chi connectivity index (χ0) is 9.07. The molecule has 0 spiro atoms. The monoisotopic (exact) mass is 174 g/mol. The first-order valence-corrected chi connectivity index (χ1v) is 4.36. The predicted octanol–water partition coefficient (Wildman–Crippen LogP) is 1.43. The van der Waals surface area contributed by atoms with E-state index < -0.39 is 0 Å². The van der Waals surface area contributed by atoms with Gasteiger partial charge < -0.3 is 11.5 Å². The van der Waals surface area contributed by atoms with E-state index in [1.165, 1.54) is 0 Å². The van der Waals surface area contributed by atoms with E-state index in [4.69, 9.17) is 23.7 Å². The lowest BCUT2D eigenvalue weighted by Gasteiger charge is -2.25. The third-order valence-corrected chi connectivity index (χ3v) is 2.52. The maximum atomic E-state index is 5.78. The van der Waals surface area contributed by atoms with Crippen LogP contribution >= 0.6 is 12.2 Å². The lowest BCUT2D eigenvalue weighted by atomic mass is 9.85. The molecule has 2 nitrogen and oxygen atoms in total.